The summed E-state index contributed by atoms with van der Waals surface area (Å²) in [7, 11) is -3.26. The monoisotopic (exact) mass is 629 g/mol. The van der Waals surface area contributed by atoms with Crippen LogP contribution in [0.5, 0.6) is 5.19 Å². The number of sulfone groups is 1. The van der Waals surface area contributed by atoms with Crippen molar-refractivity contribution in [2.45, 2.75) is 34.4 Å². The summed E-state index contributed by atoms with van der Waals surface area (Å²) in [5, 5.41) is 4.30. The van der Waals surface area contributed by atoms with E-state index in [9.17, 15) is 12.8 Å². The van der Waals surface area contributed by atoms with Crippen LogP contribution in [0.25, 0.3) is 21.6 Å². The van der Waals surface area contributed by atoms with Gasteiger partial charge in [0.1, 0.15) is 16.5 Å². The first kappa shape index (κ1) is 24.3. The second kappa shape index (κ2) is 9.58. The molecule has 1 aliphatic rings. The number of nitrogens with zero attached hydrogens (tertiary/aromatic N) is 5. The molecule has 1 aliphatic heterocycles. The lowest BCUT2D eigenvalue weighted by Gasteiger charge is -2.32. The molecule has 1 saturated heterocycles. The van der Waals surface area contributed by atoms with Gasteiger partial charge in [0.15, 0.2) is 21.8 Å². The molecule has 0 radical (unpaired) electrons. The molecule has 3 unspecified atom stereocenters. The van der Waals surface area contributed by atoms with Crippen LogP contribution in [-0.4, -0.2) is 60.1 Å². The highest BCUT2D eigenvalue weighted by molar-refractivity contribution is 14.1. The zero-order chi connectivity index (χ0) is 24.7. The van der Waals surface area contributed by atoms with Gasteiger partial charge < -0.3 is 14.2 Å². The molecular formula is C22H21FIN5O4S2. The molecule has 35 heavy (non-hydrogen) atoms. The van der Waals surface area contributed by atoms with Crippen molar-refractivity contribution in [3.05, 3.63) is 42.2 Å². The number of hydrogen-bond acceptors (Lipinski definition) is 10. The first-order valence-corrected chi connectivity index (χ1v) is 14.7. The Morgan fingerprint density at radius 2 is 1.97 bits per heavy atom. The van der Waals surface area contributed by atoms with Crippen molar-refractivity contribution in [3.63, 3.8) is 0 Å². The van der Waals surface area contributed by atoms with E-state index in [1.54, 1.807) is 29.2 Å². The van der Waals surface area contributed by atoms with Crippen LogP contribution in [0.4, 0.5) is 10.4 Å². The Hall–Kier alpha value is -2.39. The summed E-state index contributed by atoms with van der Waals surface area (Å²) >= 11 is 3.45. The molecule has 0 saturated carbocycles. The van der Waals surface area contributed by atoms with E-state index in [0.717, 1.165) is 5.56 Å². The molecule has 0 amide bonds. The van der Waals surface area contributed by atoms with E-state index in [1.165, 1.54) is 17.6 Å². The highest BCUT2D eigenvalue weighted by atomic mass is 127. The minimum Gasteiger partial charge on any atom is -0.463 e. The van der Waals surface area contributed by atoms with Crippen molar-refractivity contribution in [3.8, 4) is 16.5 Å². The third-order valence-corrected chi connectivity index (χ3v) is 8.15. The number of benzene rings is 1. The largest absolute Gasteiger partial charge is 0.463 e. The summed E-state index contributed by atoms with van der Waals surface area (Å²) in [6, 6.07) is 10.5. The summed E-state index contributed by atoms with van der Waals surface area (Å²) in [4.78, 5) is 16.1. The number of pyridine rings is 1. The van der Waals surface area contributed by atoms with Crippen LogP contribution in [-0.2, 0) is 9.84 Å². The fourth-order valence-corrected chi connectivity index (χ4v) is 5.44. The number of thiazole rings is 1. The topological polar surface area (TPSA) is 111 Å². The number of aromatic nitrogens is 4. The molecule has 0 spiro atoms. The molecule has 9 nitrogen and oxygen atoms in total. The molecular weight excluding hydrogens is 608 g/mol. The summed E-state index contributed by atoms with van der Waals surface area (Å²) in [5.74, 6) is 0.585. The lowest BCUT2D eigenvalue weighted by atomic mass is 10.1. The molecule has 3 aromatic heterocycles. The number of hydrogen-bond donors (Lipinski definition) is 0. The standard InChI is InChI=1S/C22H21FIN5O4S2/c1-12(24)19-27-21(33-28-19)29-10-9-18(15(23)11-29)32-22-26-17-8-7-16(25-20(17)34-22)13-3-5-14(6-4-13)35(2,30)31/h3-8,12,15,18H,9-11H2,1-2H3. The maximum absolute atomic E-state index is 15.0. The van der Waals surface area contributed by atoms with Crippen molar-refractivity contribution in [1.82, 2.24) is 20.1 Å². The number of piperidine rings is 1. The molecule has 5 rings (SSSR count). The minimum atomic E-state index is -3.26. The van der Waals surface area contributed by atoms with Gasteiger partial charge in [0, 0.05) is 24.8 Å². The molecule has 184 valence electrons. The van der Waals surface area contributed by atoms with E-state index in [0.29, 0.717) is 46.0 Å². The van der Waals surface area contributed by atoms with Gasteiger partial charge in [-0.05, 0) is 31.2 Å². The van der Waals surface area contributed by atoms with Gasteiger partial charge in [-0.2, -0.15) is 4.98 Å². The molecule has 1 aromatic carbocycles. The number of rotatable bonds is 6. The fraction of sp³-hybridized carbons (Fsp3) is 0.364. The zero-order valence-corrected chi connectivity index (χ0v) is 22.5. The highest BCUT2D eigenvalue weighted by Crippen LogP contribution is 2.32. The highest BCUT2D eigenvalue weighted by Gasteiger charge is 2.34. The number of ether oxygens (including phenoxy) is 1. The smallest absolute Gasteiger partial charge is 0.324 e. The molecule has 0 bridgehead atoms. The summed E-state index contributed by atoms with van der Waals surface area (Å²) < 4.78 is 49.6. The van der Waals surface area contributed by atoms with E-state index >= 15 is 0 Å². The quantitative estimate of drug-likeness (QED) is 0.223. The summed E-state index contributed by atoms with van der Waals surface area (Å²) in [5.41, 5.74) is 2.12. The van der Waals surface area contributed by atoms with Crippen LogP contribution in [0, 0.1) is 0 Å². The molecule has 4 aromatic rings. The average molecular weight is 629 g/mol. The molecule has 0 N–H and O–H groups in total. The second-order valence-electron chi connectivity index (χ2n) is 8.26. The Balaban J connectivity index is 1.27. The Morgan fingerprint density at radius 3 is 2.63 bits per heavy atom. The average Bonchev–Trinajstić information content (AvgIpc) is 3.46. The van der Waals surface area contributed by atoms with Crippen LogP contribution >= 0.6 is 33.9 Å². The normalized spacial score (nSPS) is 19.7. The third-order valence-electron chi connectivity index (χ3n) is 5.61. The van der Waals surface area contributed by atoms with Crippen molar-refractivity contribution in [2.75, 3.05) is 24.2 Å². The zero-order valence-electron chi connectivity index (χ0n) is 18.8. The van der Waals surface area contributed by atoms with Gasteiger partial charge in [0.25, 0.3) is 5.19 Å². The van der Waals surface area contributed by atoms with Gasteiger partial charge >= 0.3 is 6.01 Å². The van der Waals surface area contributed by atoms with Crippen molar-refractivity contribution < 1.29 is 22.1 Å². The van der Waals surface area contributed by atoms with Crippen LogP contribution in [0.2, 0.25) is 0 Å². The van der Waals surface area contributed by atoms with Crippen LogP contribution in [0.3, 0.4) is 0 Å². The molecule has 4 heterocycles. The summed E-state index contributed by atoms with van der Waals surface area (Å²) in [6.07, 6.45) is -0.273. The first-order valence-electron chi connectivity index (χ1n) is 10.8. The second-order valence-corrected chi connectivity index (χ2v) is 13.1. The van der Waals surface area contributed by atoms with E-state index in [-0.39, 0.29) is 15.4 Å². The van der Waals surface area contributed by atoms with Crippen molar-refractivity contribution >= 4 is 60.1 Å². The third kappa shape index (κ3) is 5.26. The van der Waals surface area contributed by atoms with Crippen molar-refractivity contribution in [1.29, 1.82) is 0 Å². The number of anilines is 1. The van der Waals surface area contributed by atoms with E-state index < -0.39 is 22.1 Å². The molecule has 3 atom stereocenters. The number of halogens is 2. The predicted octanol–water partition coefficient (Wildman–Crippen LogP) is 4.64. The molecule has 13 heteroatoms. The van der Waals surface area contributed by atoms with Crippen LogP contribution < -0.4 is 9.64 Å². The minimum absolute atomic E-state index is 0.0959. The predicted molar refractivity (Wildman–Crippen MR) is 139 cm³/mol. The fourth-order valence-electron chi connectivity index (χ4n) is 3.72. The van der Waals surface area contributed by atoms with Crippen LogP contribution in [0.1, 0.15) is 23.1 Å². The van der Waals surface area contributed by atoms with E-state index in [2.05, 4.69) is 42.7 Å². The Morgan fingerprint density at radius 1 is 1.20 bits per heavy atom. The lowest BCUT2D eigenvalue weighted by molar-refractivity contribution is 0.0802. The lowest BCUT2D eigenvalue weighted by Crippen LogP contribution is -2.47. The van der Waals surface area contributed by atoms with E-state index in [4.69, 9.17) is 9.26 Å². The molecule has 1 fully saturated rings. The van der Waals surface area contributed by atoms with E-state index in [1.807, 2.05) is 19.1 Å². The van der Waals surface area contributed by atoms with Gasteiger partial charge in [0.2, 0.25) is 0 Å². The van der Waals surface area contributed by atoms with Crippen LogP contribution in [0.15, 0.2) is 45.8 Å². The Labute approximate surface area is 218 Å². The Bertz CT molecular complexity index is 1460. The SMILES string of the molecule is CC(I)c1noc(N2CCC(Oc3nc4ccc(-c5ccc(S(C)(=O)=O)cc5)nc4s3)C(F)C2)n1. The van der Waals surface area contributed by atoms with Gasteiger partial charge in [-0.1, -0.05) is 51.2 Å². The summed E-state index contributed by atoms with van der Waals surface area (Å²) in [6.45, 7) is 2.58. The van der Waals surface area contributed by atoms with Gasteiger partial charge in [-0.25, -0.2) is 22.8 Å². The number of alkyl halides is 2. The van der Waals surface area contributed by atoms with Gasteiger partial charge in [0.05, 0.1) is 21.1 Å². The number of fused-ring (bicyclic) bond motifs is 1. The first-order chi connectivity index (χ1) is 16.7. The van der Waals surface area contributed by atoms with Crippen molar-refractivity contribution in [2.24, 2.45) is 0 Å². The molecule has 0 aliphatic carbocycles. The van der Waals surface area contributed by atoms with Gasteiger partial charge in [-0.15, -0.1) is 0 Å². The van der Waals surface area contributed by atoms with Gasteiger partial charge in [-0.3, -0.25) is 0 Å². The maximum atomic E-state index is 15.0. The maximum Gasteiger partial charge on any atom is 0.324 e. The Kier molecular flexibility index (Phi) is 6.65.